The van der Waals surface area contributed by atoms with E-state index in [1.54, 1.807) is 31.4 Å². The molecule has 2 aromatic rings. The first kappa shape index (κ1) is 16.9. The molecule has 1 aromatic heterocycles. The van der Waals surface area contributed by atoms with E-state index in [0.717, 1.165) is 17.8 Å². The van der Waals surface area contributed by atoms with Crippen molar-refractivity contribution < 1.29 is 18.5 Å². The standard InChI is InChI=1S/C14H15ClN2O4S/c1-2-13(18)10-6-14(22-21-20-16)11(15)7-12(10)17-8-9-4-3-5-19-9/h3-7,17H,2,8,16H2,1H3. The number of anilines is 1. The van der Waals surface area contributed by atoms with Gasteiger partial charge in [-0.3, -0.25) is 4.79 Å². The molecule has 0 bridgehead atoms. The molecule has 0 aliphatic carbocycles. The fourth-order valence-electron chi connectivity index (χ4n) is 1.84. The summed E-state index contributed by atoms with van der Waals surface area (Å²) < 4.78 is 9.84. The van der Waals surface area contributed by atoms with Crippen LogP contribution in [0, 0.1) is 0 Å². The van der Waals surface area contributed by atoms with Crippen LogP contribution in [0.25, 0.3) is 0 Å². The highest BCUT2D eigenvalue weighted by molar-refractivity contribution is 7.94. The average Bonchev–Trinajstić information content (AvgIpc) is 3.04. The summed E-state index contributed by atoms with van der Waals surface area (Å²) in [5.41, 5.74) is 1.15. The molecule has 0 atom stereocenters. The Labute approximate surface area is 137 Å². The highest BCUT2D eigenvalue weighted by Gasteiger charge is 2.15. The molecule has 118 valence electrons. The van der Waals surface area contributed by atoms with E-state index in [0.29, 0.717) is 34.1 Å². The first-order valence-electron chi connectivity index (χ1n) is 6.48. The number of ketones is 1. The van der Waals surface area contributed by atoms with Gasteiger partial charge in [-0.15, -0.1) is 9.32 Å². The third-order valence-corrected chi connectivity index (χ3v) is 3.98. The Morgan fingerprint density at radius 3 is 2.95 bits per heavy atom. The van der Waals surface area contributed by atoms with E-state index in [-0.39, 0.29) is 5.78 Å². The third kappa shape index (κ3) is 4.25. The fraction of sp³-hybridized carbons (Fsp3) is 0.214. The molecule has 0 radical (unpaired) electrons. The number of carbonyl (C=O) groups excluding carboxylic acids is 1. The molecule has 0 saturated carbocycles. The topological polar surface area (TPSA) is 86.7 Å². The van der Waals surface area contributed by atoms with Crippen LogP contribution in [0.15, 0.2) is 39.8 Å². The summed E-state index contributed by atoms with van der Waals surface area (Å²) in [6, 6.07) is 6.94. The van der Waals surface area contributed by atoms with Crippen LogP contribution in [-0.4, -0.2) is 5.78 Å². The number of nitrogens with two attached hydrogens (primary N) is 1. The fourth-order valence-corrected chi connectivity index (χ4v) is 2.51. The van der Waals surface area contributed by atoms with Gasteiger partial charge in [0.1, 0.15) is 5.76 Å². The summed E-state index contributed by atoms with van der Waals surface area (Å²) in [7, 11) is 0. The molecule has 0 aliphatic rings. The maximum Gasteiger partial charge on any atom is 0.164 e. The van der Waals surface area contributed by atoms with Gasteiger partial charge in [0.05, 0.1) is 34.8 Å². The Morgan fingerprint density at radius 2 is 2.32 bits per heavy atom. The molecule has 0 fully saturated rings. The second-order valence-electron chi connectivity index (χ2n) is 4.29. The van der Waals surface area contributed by atoms with Gasteiger partial charge in [0.25, 0.3) is 0 Å². The van der Waals surface area contributed by atoms with Gasteiger partial charge < -0.3 is 9.73 Å². The van der Waals surface area contributed by atoms with Gasteiger partial charge in [-0.2, -0.15) is 5.90 Å². The number of nitrogens with one attached hydrogen (secondary N) is 1. The number of halogens is 1. The lowest BCUT2D eigenvalue weighted by atomic mass is 10.1. The van der Waals surface area contributed by atoms with Gasteiger partial charge in [0, 0.05) is 17.7 Å². The van der Waals surface area contributed by atoms with E-state index >= 15 is 0 Å². The molecule has 0 unspecified atom stereocenters. The average molecular weight is 343 g/mol. The first-order chi connectivity index (χ1) is 10.7. The molecular weight excluding hydrogens is 328 g/mol. The minimum absolute atomic E-state index is 0.0193. The molecule has 3 N–H and O–H groups in total. The summed E-state index contributed by atoms with van der Waals surface area (Å²) >= 11 is 7.01. The van der Waals surface area contributed by atoms with Gasteiger partial charge in [0.2, 0.25) is 0 Å². The molecule has 22 heavy (non-hydrogen) atoms. The number of benzene rings is 1. The van der Waals surface area contributed by atoms with Crippen molar-refractivity contribution in [2.45, 2.75) is 24.8 Å². The second-order valence-corrected chi connectivity index (χ2v) is 5.44. The molecule has 1 heterocycles. The van der Waals surface area contributed by atoms with E-state index in [2.05, 4.69) is 14.6 Å². The molecule has 0 aliphatic heterocycles. The summed E-state index contributed by atoms with van der Waals surface area (Å²) in [6.07, 6.45) is 1.96. The predicted octanol–water partition coefficient (Wildman–Crippen LogP) is 3.97. The molecule has 0 spiro atoms. The lowest BCUT2D eigenvalue weighted by Crippen LogP contribution is -2.07. The molecule has 2 rings (SSSR count). The van der Waals surface area contributed by atoms with Crippen LogP contribution >= 0.6 is 23.6 Å². The smallest absolute Gasteiger partial charge is 0.164 e. The Bertz CT molecular complexity index is 634. The van der Waals surface area contributed by atoms with Crippen molar-refractivity contribution in [1.29, 1.82) is 0 Å². The summed E-state index contributed by atoms with van der Waals surface area (Å²) in [6.45, 7) is 2.24. The zero-order valence-corrected chi connectivity index (χ0v) is 13.4. The summed E-state index contributed by atoms with van der Waals surface area (Å²) in [4.78, 5) is 16.7. The van der Waals surface area contributed by atoms with Gasteiger partial charge in [-0.25, -0.2) is 0 Å². The number of hydrogen-bond acceptors (Lipinski definition) is 7. The molecular formula is C14H15ClN2O4S. The summed E-state index contributed by atoms with van der Waals surface area (Å²) in [5, 5.41) is 3.56. The normalized spacial score (nSPS) is 10.7. The minimum atomic E-state index is -0.0193. The van der Waals surface area contributed by atoms with E-state index < -0.39 is 0 Å². The van der Waals surface area contributed by atoms with Crippen molar-refractivity contribution in [3.8, 4) is 0 Å². The minimum Gasteiger partial charge on any atom is -0.467 e. The molecule has 1 aromatic carbocycles. The van der Waals surface area contributed by atoms with E-state index in [9.17, 15) is 4.79 Å². The van der Waals surface area contributed by atoms with E-state index in [4.69, 9.17) is 21.9 Å². The van der Waals surface area contributed by atoms with Crippen molar-refractivity contribution in [3.63, 3.8) is 0 Å². The van der Waals surface area contributed by atoms with Crippen molar-refractivity contribution >= 4 is 35.1 Å². The van der Waals surface area contributed by atoms with Crippen LogP contribution < -0.4 is 11.2 Å². The largest absolute Gasteiger partial charge is 0.467 e. The Balaban J connectivity index is 2.25. The maximum absolute atomic E-state index is 12.1. The Morgan fingerprint density at radius 1 is 1.50 bits per heavy atom. The molecule has 0 amide bonds. The first-order valence-corrected chi connectivity index (χ1v) is 7.60. The monoisotopic (exact) mass is 342 g/mol. The summed E-state index contributed by atoms with van der Waals surface area (Å²) in [5.74, 6) is 5.54. The molecule has 6 nitrogen and oxygen atoms in total. The number of rotatable bonds is 8. The van der Waals surface area contributed by atoms with Crippen molar-refractivity contribution in [1.82, 2.24) is 0 Å². The van der Waals surface area contributed by atoms with E-state index in [1.807, 2.05) is 6.07 Å². The van der Waals surface area contributed by atoms with Crippen LogP contribution in [-0.2, 0) is 15.9 Å². The van der Waals surface area contributed by atoms with Crippen molar-refractivity contribution in [3.05, 3.63) is 46.9 Å². The van der Waals surface area contributed by atoms with Crippen LogP contribution in [0.3, 0.4) is 0 Å². The highest BCUT2D eigenvalue weighted by atomic mass is 35.5. The highest BCUT2D eigenvalue weighted by Crippen LogP contribution is 2.34. The number of Topliss-reactive ketones (excluding diaryl/α,β-unsaturated/α-hetero) is 1. The van der Waals surface area contributed by atoms with Gasteiger partial charge in [-0.05, 0) is 24.3 Å². The number of hydrogen-bond donors (Lipinski definition) is 2. The van der Waals surface area contributed by atoms with Gasteiger partial charge >= 0.3 is 0 Å². The van der Waals surface area contributed by atoms with Crippen molar-refractivity contribution in [2.75, 3.05) is 5.32 Å². The molecule has 0 saturated heterocycles. The lowest BCUT2D eigenvalue weighted by molar-refractivity contribution is -0.195. The second kappa shape index (κ2) is 8.21. The lowest BCUT2D eigenvalue weighted by Gasteiger charge is -2.13. The zero-order chi connectivity index (χ0) is 15.9. The van der Waals surface area contributed by atoms with Crippen LogP contribution in [0.1, 0.15) is 29.5 Å². The predicted molar refractivity (Wildman–Crippen MR) is 84.3 cm³/mol. The SMILES string of the molecule is CCC(=O)c1cc(SOON)c(Cl)cc1NCc1ccco1. The van der Waals surface area contributed by atoms with Gasteiger partial charge in [0.15, 0.2) is 5.78 Å². The third-order valence-electron chi connectivity index (χ3n) is 2.89. The molecule has 8 heteroatoms. The van der Waals surface area contributed by atoms with Crippen LogP contribution in [0.5, 0.6) is 0 Å². The maximum atomic E-state index is 12.1. The van der Waals surface area contributed by atoms with Crippen molar-refractivity contribution in [2.24, 2.45) is 5.90 Å². The zero-order valence-electron chi connectivity index (χ0n) is 11.8. The number of carbonyl (C=O) groups is 1. The van der Waals surface area contributed by atoms with Crippen LogP contribution in [0.4, 0.5) is 5.69 Å². The Hall–Kier alpha value is -1.51. The van der Waals surface area contributed by atoms with Crippen LogP contribution in [0.2, 0.25) is 5.02 Å². The Kier molecular flexibility index (Phi) is 6.29. The van der Waals surface area contributed by atoms with Gasteiger partial charge in [-0.1, -0.05) is 18.5 Å². The number of furan rings is 1. The quantitative estimate of drug-likeness (QED) is 0.325. The van der Waals surface area contributed by atoms with E-state index in [1.165, 1.54) is 0 Å².